The second-order valence-corrected chi connectivity index (χ2v) is 1.67. The van der Waals surface area contributed by atoms with Gasteiger partial charge in [-0.05, 0) is 13.0 Å². The van der Waals surface area contributed by atoms with Gasteiger partial charge >= 0.3 is 0 Å². The van der Waals surface area contributed by atoms with E-state index in [-0.39, 0.29) is 0 Å². The maximum atomic E-state index is 9.65. The molecule has 42 valence electrons. The van der Waals surface area contributed by atoms with Gasteiger partial charge in [-0.2, -0.15) is 0 Å². The van der Waals surface area contributed by atoms with Crippen LogP contribution in [0.15, 0.2) is 0 Å². The maximum Gasteiger partial charge on any atom is 0.120 e. The summed E-state index contributed by atoms with van der Waals surface area (Å²) in [6.45, 7) is 0.906. The molecule has 0 aromatic heterocycles. The molecule has 0 heterocycles. The highest BCUT2D eigenvalue weighted by Gasteiger charge is 1.78. The summed E-state index contributed by atoms with van der Waals surface area (Å²) in [4.78, 5) is 9.65. The van der Waals surface area contributed by atoms with Crippen molar-refractivity contribution in [2.24, 2.45) is 0 Å². The van der Waals surface area contributed by atoms with Gasteiger partial charge in [-0.15, -0.1) is 0 Å². The topological polar surface area (TPSA) is 29.1 Å². The molecule has 0 amide bonds. The minimum absolute atomic E-state index is 0.668. The Morgan fingerprint density at radius 3 is 2.86 bits per heavy atom. The van der Waals surface area contributed by atoms with Gasteiger partial charge in [0.25, 0.3) is 0 Å². The number of hydrogen-bond donors (Lipinski definition) is 1. The Bertz CT molecular complexity index is 49.0. The number of unbranched alkanes of at least 4 members (excludes halogenated alkanes) is 1. The highest BCUT2D eigenvalue weighted by atomic mass is 31.0. The summed E-state index contributed by atoms with van der Waals surface area (Å²) < 4.78 is 0. The van der Waals surface area contributed by atoms with E-state index in [0.717, 1.165) is 19.3 Å². The van der Waals surface area contributed by atoms with Crippen LogP contribution < -0.4 is 5.09 Å². The molecule has 1 N–H and O–H groups in total. The van der Waals surface area contributed by atoms with E-state index in [0.29, 0.717) is 6.42 Å². The van der Waals surface area contributed by atoms with Crippen LogP contribution >= 0.6 is 9.39 Å². The van der Waals surface area contributed by atoms with Crippen molar-refractivity contribution in [3.63, 3.8) is 0 Å². The highest BCUT2D eigenvalue weighted by molar-refractivity contribution is 7.13. The number of carbonyl (C=O) groups excluding carboxylic acids is 1. The van der Waals surface area contributed by atoms with Crippen LogP contribution in [0.2, 0.25) is 0 Å². The Balaban J connectivity index is 2.56. The van der Waals surface area contributed by atoms with Crippen molar-refractivity contribution in [2.45, 2.75) is 12.8 Å². The molecule has 0 aromatic carbocycles. The van der Waals surface area contributed by atoms with E-state index in [9.17, 15) is 4.79 Å². The third kappa shape index (κ3) is 6.06. The molecule has 0 aromatic rings. The van der Waals surface area contributed by atoms with E-state index >= 15 is 0 Å². The molecule has 0 aliphatic carbocycles. The minimum Gasteiger partial charge on any atom is -0.303 e. The quantitative estimate of drug-likeness (QED) is 0.328. The molecule has 3 heteroatoms. The fourth-order valence-corrected chi connectivity index (χ4v) is 0.492. The molecule has 0 radical (unpaired) electrons. The Morgan fingerprint density at radius 1 is 1.71 bits per heavy atom. The molecule has 0 aliphatic rings. The van der Waals surface area contributed by atoms with Crippen LogP contribution in [0.4, 0.5) is 0 Å². The Hall–Kier alpha value is 0.0600. The lowest BCUT2D eigenvalue weighted by Crippen LogP contribution is -1.98. The van der Waals surface area contributed by atoms with Gasteiger partial charge < -0.3 is 9.88 Å². The van der Waals surface area contributed by atoms with Crippen molar-refractivity contribution in [3.05, 3.63) is 0 Å². The highest BCUT2D eigenvalue weighted by Crippen LogP contribution is 1.81. The molecule has 2 nitrogen and oxygen atoms in total. The number of rotatable bonds is 4. The second-order valence-electron chi connectivity index (χ2n) is 1.26. The first-order valence-corrected chi connectivity index (χ1v) is 2.86. The molecule has 0 rings (SSSR count). The summed E-state index contributed by atoms with van der Waals surface area (Å²) in [5.41, 5.74) is 0. The zero-order chi connectivity index (χ0) is 5.54. The van der Waals surface area contributed by atoms with Gasteiger partial charge in [0.15, 0.2) is 0 Å². The monoisotopic (exact) mass is 119 g/mol. The van der Waals surface area contributed by atoms with Gasteiger partial charge in [0, 0.05) is 6.42 Å². The lowest BCUT2D eigenvalue weighted by molar-refractivity contribution is -0.107. The molecule has 0 saturated carbocycles. The van der Waals surface area contributed by atoms with Crippen molar-refractivity contribution in [3.8, 4) is 0 Å². The molecule has 1 atom stereocenters. The molecule has 1 unspecified atom stereocenters. The summed E-state index contributed by atoms with van der Waals surface area (Å²) >= 11 is 0. The summed E-state index contributed by atoms with van der Waals surface area (Å²) in [5, 5.41) is 2.86. The third-order valence-electron chi connectivity index (χ3n) is 0.643. The van der Waals surface area contributed by atoms with Gasteiger partial charge in [-0.3, -0.25) is 0 Å². The van der Waals surface area contributed by atoms with E-state index in [1.807, 2.05) is 0 Å². The van der Waals surface area contributed by atoms with E-state index in [1.165, 1.54) is 0 Å². The average Bonchev–Trinajstić information content (AvgIpc) is 1.69. The lowest BCUT2D eigenvalue weighted by Gasteiger charge is -1.89. The maximum absolute atomic E-state index is 9.65. The lowest BCUT2D eigenvalue weighted by atomic mass is 10.3. The van der Waals surface area contributed by atoms with Crippen LogP contribution in [0, 0.1) is 0 Å². The van der Waals surface area contributed by atoms with Gasteiger partial charge in [0.1, 0.15) is 6.29 Å². The van der Waals surface area contributed by atoms with Gasteiger partial charge in [-0.1, -0.05) is 9.39 Å². The fraction of sp³-hybridized carbons (Fsp3) is 0.750. The van der Waals surface area contributed by atoms with Crippen LogP contribution in [0.3, 0.4) is 0 Å². The SMILES string of the molecule is O=CCCCNP. The van der Waals surface area contributed by atoms with Crippen LogP contribution in [-0.4, -0.2) is 12.8 Å². The summed E-state index contributed by atoms with van der Waals surface area (Å²) in [5.74, 6) is 0. The van der Waals surface area contributed by atoms with Crippen molar-refractivity contribution >= 4 is 15.7 Å². The Morgan fingerprint density at radius 2 is 2.43 bits per heavy atom. The Kier molecular flexibility index (Phi) is 6.11. The van der Waals surface area contributed by atoms with Crippen molar-refractivity contribution in [2.75, 3.05) is 6.54 Å². The van der Waals surface area contributed by atoms with Crippen LogP contribution in [0.25, 0.3) is 0 Å². The second kappa shape index (κ2) is 6.06. The zero-order valence-electron chi connectivity index (χ0n) is 4.18. The molecule has 0 saturated heterocycles. The van der Waals surface area contributed by atoms with Crippen molar-refractivity contribution in [1.82, 2.24) is 5.09 Å². The number of carbonyl (C=O) groups is 1. The summed E-state index contributed by atoms with van der Waals surface area (Å²) in [6.07, 6.45) is 2.54. The number of nitrogens with one attached hydrogen (secondary N) is 1. The van der Waals surface area contributed by atoms with E-state index in [2.05, 4.69) is 14.5 Å². The number of hydrogen-bond acceptors (Lipinski definition) is 2. The zero-order valence-corrected chi connectivity index (χ0v) is 5.34. The van der Waals surface area contributed by atoms with Gasteiger partial charge in [-0.25, -0.2) is 0 Å². The van der Waals surface area contributed by atoms with E-state index in [4.69, 9.17) is 0 Å². The molecular formula is C4H10NOP. The fourth-order valence-electron chi connectivity index (χ4n) is 0.287. The first-order chi connectivity index (χ1) is 3.41. The van der Waals surface area contributed by atoms with Gasteiger partial charge in [0.2, 0.25) is 0 Å². The molecule has 0 fully saturated rings. The van der Waals surface area contributed by atoms with E-state index < -0.39 is 0 Å². The van der Waals surface area contributed by atoms with E-state index in [1.54, 1.807) is 0 Å². The standard InChI is InChI=1S/C4H10NOP/c6-4-2-1-3-5-7/h4-5H,1-3,7H2. The predicted octanol–water partition coefficient (Wildman–Crippen LogP) is 0.345. The van der Waals surface area contributed by atoms with Crippen molar-refractivity contribution in [1.29, 1.82) is 0 Å². The predicted molar refractivity (Wildman–Crippen MR) is 33.0 cm³/mol. The smallest absolute Gasteiger partial charge is 0.120 e. The van der Waals surface area contributed by atoms with Gasteiger partial charge in [0.05, 0.1) is 0 Å². The minimum atomic E-state index is 0.668. The normalized spacial score (nSPS) is 8.71. The first-order valence-electron chi connectivity index (χ1n) is 2.29. The first kappa shape index (κ1) is 7.06. The average molecular weight is 119 g/mol. The summed E-state index contributed by atoms with van der Waals surface area (Å²) in [7, 11) is 2.38. The molecule has 0 aliphatic heterocycles. The molecule has 7 heavy (non-hydrogen) atoms. The van der Waals surface area contributed by atoms with Crippen LogP contribution in [0.5, 0.6) is 0 Å². The number of aldehydes is 1. The molecule has 0 spiro atoms. The summed E-state index contributed by atoms with van der Waals surface area (Å²) in [6, 6.07) is 0. The Labute approximate surface area is 45.9 Å². The largest absolute Gasteiger partial charge is 0.303 e. The molecule has 0 bridgehead atoms. The third-order valence-corrected chi connectivity index (χ3v) is 0.932. The van der Waals surface area contributed by atoms with Crippen LogP contribution in [-0.2, 0) is 4.79 Å². The van der Waals surface area contributed by atoms with Crippen LogP contribution in [0.1, 0.15) is 12.8 Å². The van der Waals surface area contributed by atoms with Crippen molar-refractivity contribution < 1.29 is 4.79 Å². The molecular weight excluding hydrogens is 109 g/mol.